The molecule has 1 amide bonds. The summed E-state index contributed by atoms with van der Waals surface area (Å²) in [5, 5.41) is 2.83. The number of halogens is 1. The molecule has 0 aromatic rings. The smallest absolute Gasteiger partial charge is 0.310 e. The van der Waals surface area contributed by atoms with Crippen LogP contribution in [0.5, 0.6) is 0 Å². The number of hydrogen-bond acceptors (Lipinski definition) is 4. The standard InChI is InChI=1S/C13H24N2O3.ClH/c1-3-18-13(17)9(2)8-15-12(16)11-6-4-5-10(11)7-14;/h9-11H,3-8,14H2,1-2H3,(H,15,16);1H/t9?,10-,11-;/m1./s1. The van der Waals surface area contributed by atoms with Gasteiger partial charge < -0.3 is 15.8 Å². The van der Waals surface area contributed by atoms with Crippen LogP contribution in [0.25, 0.3) is 0 Å². The molecule has 0 heterocycles. The summed E-state index contributed by atoms with van der Waals surface area (Å²) in [6, 6.07) is 0. The Bertz CT molecular complexity index is 300. The van der Waals surface area contributed by atoms with Crippen molar-refractivity contribution in [1.82, 2.24) is 5.32 Å². The van der Waals surface area contributed by atoms with Crippen molar-refractivity contribution in [1.29, 1.82) is 0 Å². The molecule has 19 heavy (non-hydrogen) atoms. The Morgan fingerprint density at radius 3 is 2.68 bits per heavy atom. The van der Waals surface area contributed by atoms with E-state index in [0.29, 0.717) is 25.6 Å². The fourth-order valence-corrected chi connectivity index (χ4v) is 2.42. The van der Waals surface area contributed by atoms with Crippen molar-refractivity contribution in [2.24, 2.45) is 23.5 Å². The molecule has 0 aromatic heterocycles. The number of hydrogen-bond donors (Lipinski definition) is 2. The van der Waals surface area contributed by atoms with Gasteiger partial charge in [-0.3, -0.25) is 9.59 Å². The number of esters is 1. The molecule has 1 aliphatic rings. The van der Waals surface area contributed by atoms with E-state index in [4.69, 9.17) is 10.5 Å². The van der Waals surface area contributed by atoms with E-state index < -0.39 is 0 Å². The van der Waals surface area contributed by atoms with Crippen LogP contribution >= 0.6 is 12.4 Å². The van der Waals surface area contributed by atoms with E-state index in [2.05, 4.69) is 5.32 Å². The maximum absolute atomic E-state index is 12.0. The zero-order valence-electron chi connectivity index (χ0n) is 11.7. The largest absolute Gasteiger partial charge is 0.466 e. The van der Waals surface area contributed by atoms with Crippen molar-refractivity contribution in [3.8, 4) is 0 Å². The molecule has 1 rings (SSSR count). The number of amides is 1. The van der Waals surface area contributed by atoms with Crippen LogP contribution in [0.2, 0.25) is 0 Å². The highest BCUT2D eigenvalue weighted by Crippen LogP contribution is 2.30. The average molecular weight is 293 g/mol. The van der Waals surface area contributed by atoms with Crippen molar-refractivity contribution in [2.75, 3.05) is 19.7 Å². The van der Waals surface area contributed by atoms with Crippen LogP contribution in [0.3, 0.4) is 0 Å². The van der Waals surface area contributed by atoms with Crippen LogP contribution in [-0.2, 0) is 14.3 Å². The molecule has 6 heteroatoms. The van der Waals surface area contributed by atoms with Crippen molar-refractivity contribution in [3.63, 3.8) is 0 Å². The lowest BCUT2D eigenvalue weighted by atomic mass is 9.95. The lowest BCUT2D eigenvalue weighted by Gasteiger charge is -2.18. The quantitative estimate of drug-likeness (QED) is 0.718. The van der Waals surface area contributed by atoms with Crippen molar-refractivity contribution in [3.05, 3.63) is 0 Å². The lowest BCUT2D eigenvalue weighted by molar-refractivity contribution is -0.147. The van der Waals surface area contributed by atoms with Gasteiger partial charge in [0.15, 0.2) is 0 Å². The van der Waals surface area contributed by atoms with Crippen LogP contribution in [0.4, 0.5) is 0 Å². The molecular weight excluding hydrogens is 268 g/mol. The fraction of sp³-hybridized carbons (Fsp3) is 0.846. The number of carbonyl (C=O) groups excluding carboxylic acids is 2. The lowest BCUT2D eigenvalue weighted by Crippen LogP contribution is -2.38. The Hall–Kier alpha value is -0.810. The molecule has 3 atom stereocenters. The maximum Gasteiger partial charge on any atom is 0.310 e. The van der Waals surface area contributed by atoms with Gasteiger partial charge in [-0.25, -0.2) is 0 Å². The van der Waals surface area contributed by atoms with Gasteiger partial charge in [0.25, 0.3) is 0 Å². The molecular formula is C13H25ClN2O3. The number of nitrogens with two attached hydrogens (primary N) is 1. The van der Waals surface area contributed by atoms with Gasteiger partial charge in [0.1, 0.15) is 0 Å². The first kappa shape index (κ1) is 18.2. The molecule has 1 fully saturated rings. The summed E-state index contributed by atoms with van der Waals surface area (Å²) < 4.78 is 4.89. The highest BCUT2D eigenvalue weighted by atomic mass is 35.5. The van der Waals surface area contributed by atoms with Gasteiger partial charge in [0.2, 0.25) is 5.91 Å². The van der Waals surface area contributed by atoms with Crippen molar-refractivity contribution in [2.45, 2.75) is 33.1 Å². The predicted octanol–water partition coefficient (Wildman–Crippen LogP) is 1.10. The summed E-state index contributed by atoms with van der Waals surface area (Å²) in [4.78, 5) is 23.4. The van der Waals surface area contributed by atoms with Crippen LogP contribution < -0.4 is 11.1 Å². The van der Waals surface area contributed by atoms with Crippen molar-refractivity contribution >= 4 is 24.3 Å². The molecule has 1 unspecified atom stereocenters. The third kappa shape index (κ3) is 5.37. The molecule has 0 saturated heterocycles. The minimum Gasteiger partial charge on any atom is -0.466 e. The van der Waals surface area contributed by atoms with E-state index in [1.807, 2.05) is 0 Å². The van der Waals surface area contributed by atoms with Gasteiger partial charge in [-0.2, -0.15) is 0 Å². The normalized spacial score (nSPS) is 23.3. The third-order valence-electron chi connectivity index (χ3n) is 3.57. The van der Waals surface area contributed by atoms with Crippen molar-refractivity contribution < 1.29 is 14.3 Å². The summed E-state index contributed by atoms with van der Waals surface area (Å²) in [7, 11) is 0. The van der Waals surface area contributed by atoms with E-state index >= 15 is 0 Å². The Balaban J connectivity index is 0.00000324. The van der Waals surface area contributed by atoms with E-state index in [-0.39, 0.29) is 36.1 Å². The highest BCUT2D eigenvalue weighted by Gasteiger charge is 2.32. The van der Waals surface area contributed by atoms with Crippen LogP contribution in [0.15, 0.2) is 0 Å². The number of rotatable bonds is 6. The second kappa shape index (κ2) is 9.15. The first-order valence-corrected chi connectivity index (χ1v) is 6.74. The summed E-state index contributed by atoms with van der Waals surface area (Å²) in [5.41, 5.74) is 5.65. The Labute approximate surface area is 121 Å². The Morgan fingerprint density at radius 1 is 1.42 bits per heavy atom. The van der Waals surface area contributed by atoms with Gasteiger partial charge in [0.05, 0.1) is 12.5 Å². The minimum atomic E-state index is -0.299. The monoisotopic (exact) mass is 292 g/mol. The van der Waals surface area contributed by atoms with E-state index in [9.17, 15) is 9.59 Å². The minimum absolute atomic E-state index is 0. The molecule has 0 aromatic carbocycles. The SMILES string of the molecule is CCOC(=O)C(C)CNC(=O)[C@@H]1CCC[C@@H]1CN.Cl. The number of ether oxygens (including phenoxy) is 1. The molecule has 1 aliphatic carbocycles. The molecule has 1 saturated carbocycles. The average Bonchev–Trinajstić information content (AvgIpc) is 2.84. The van der Waals surface area contributed by atoms with Gasteiger partial charge in [-0.15, -0.1) is 12.4 Å². The van der Waals surface area contributed by atoms with Crippen LogP contribution in [0, 0.1) is 17.8 Å². The molecule has 0 aliphatic heterocycles. The number of carbonyl (C=O) groups is 2. The zero-order valence-corrected chi connectivity index (χ0v) is 12.5. The predicted molar refractivity (Wildman–Crippen MR) is 75.9 cm³/mol. The van der Waals surface area contributed by atoms with E-state index in [1.54, 1.807) is 13.8 Å². The molecule has 0 bridgehead atoms. The molecule has 0 radical (unpaired) electrons. The van der Waals surface area contributed by atoms with Gasteiger partial charge in [0, 0.05) is 12.5 Å². The summed E-state index contributed by atoms with van der Waals surface area (Å²) >= 11 is 0. The van der Waals surface area contributed by atoms with Crippen LogP contribution in [0.1, 0.15) is 33.1 Å². The summed E-state index contributed by atoms with van der Waals surface area (Å²) in [6.45, 7) is 4.80. The summed E-state index contributed by atoms with van der Waals surface area (Å²) in [6.07, 6.45) is 3.00. The third-order valence-corrected chi connectivity index (χ3v) is 3.57. The Morgan fingerprint density at radius 2 is 2.11 bits per heavy atom. The molecule has 0 spiro atoms. The zero-order chi connectivity index (χ0) is 13.5. The first-order valence-electron chi connectivity index (χ1n) is 6.74. The molecule has 5 nitrogen and oxygen atoms in total. The van der Waals surface area contributed by atoms with Crippen LogP contribution in [-0.4, -0.2) is 31.6 Å². The second-order valence-electron chi connectivity index (χ2n) is 4.93. The van der Waals surface area contributed by atoms with E-state index in [0.717, 1.165) is 19.3 Å². The highest BCUT2D eigenvalue weighted by molar-refractivity contribution is 5.85. The first-order chi connectivity index (χ1) is 8.60. The fourth-order valence-electron chi connectivity index (χ4n) is 2.42. The van der Waals surface area contributed by atoms with Gasteiger partial charge in [-0.05, 0) is 32.2 Å². The molecule has 112 valence electrons. The van der Waals surface area contributed by atoms with Gasteiger partial charge in [-0.1, -0.05) is 13.3 Å². The maximum atomic E-state index is 12.0. The Kier molecular flexibility index (Phi) is 8.76. The number of nitrogens with one attached hydrogen (secondary N) is 1. The molecule has 3 N–H and O–H groups in total. The van der Waals surface area contributed by atoms with Gasteiger partial charge >= 0.3 is 5.97 Å². The topological polar surface area (TPSA) is 81.4 Å². The second-order valence-corrected chi connectivity index (χ2v) is 4.93. The summed E-state index contributed by atoms with van der Waals surface area (Å²) in [5.74, 6) is -0.224. The van der Waals surface area contributed by atoms with E-state index in [1.165, 1.54) is 0 Å².